The van der Waals surface area contributed by atoms with Gasteiger partial charge >= 0.3 is 5.97 Å². The van der Waals surface area contributed by atoms with Gasteiger partial charge in [0.2, 0.25) is 0 Å². The van der Waals surface area contributed by atoms with E-state index in [0.717, 1.165) is 22.3 Å². The molecule has 1 aromatic rings. The lowest BCUT2D eigenvalue weighted by Gasteiger charge is -2.21. The number of carbonyl (C=O) groups is 2. The number of carbonyl (C=O) groups excluding carboxylic acids is 2. The maximum atomic E-state index is 12.0. The van der Waals surface area contributed by atoms with E-state index in [1.807, 2.05) is 18.5 Å². The summed E-state index contributed by atoms with van der Waals surface area (Å²) in [7, 11) is 0. The summed E-state index contributed by atoms with van der Waals surface area (Å²) in [6.07, 6.45) is 1.60. The van der Waals surface area contributed by atoms with Crippen LogP contribution in [0.2, 0.25) is 0 Å². The molecule has 110 valence electrons. The Bertz CT molecular complexity index is 553. The normalized spacial score (nSPS) is 22.1. The molecule has 0 aromatic carbocycles. The van der Waals surface area contributed by atoms with Crippen molar-refractivity contribution >= 4 is 27.7 Å². The van der Waals surface area contributed by atoms with E-state index in [1.54, 1.807) is 0 Å². The minimum Gasteiger partial charge on any atom is -0.465 e. The highest BCUT2D eigenvalue weighted by molar-refractivity contribution is 9.10. The van der Waals surface area contributed by atoms with Crippen molar-refractivity contribution in [2.24, 2.45) is 5.41 Å². The summed E-state index contributed by atoms with van der Waals surface area (Å²) >= 11 is 3.56. The minimum atomic E-state index is -1.04. The van der Waals surface area contributed by atoms with E-state index in [9.17, 15) is 9.59 Å². The van der Waals surface area contributed by atoms with Gasteiger partial charge in [0, 0.05) is 19.4 Å². The van der Waals surface area contributed by atoms with E-state index in [1.165, 1.54) is 6.92 Å². The molecule has 1 unspecified atom stereocenters. The Balaban J connectivity index is 2.44. The Morgan fingerprint density at radius 2 is 2.20 bits per heavy atom. The zero-order valence-corrected chi connectivity index (χ0v) is 13.6. The topological polar surface area (TPSA) is 61.2 Å². The second kappa shape index (κ2) is 5.68. The van der Waals surface area contributed by atoms with Crippen LogP contribution in [-0.2, 0) is 33.7 Å². The first kappa shape index (κ1) is 15.2. The summed E-state index contributed by atoms with van der Waals surface area (Å²) < 4.78 is 7.81. The first-order valence-electron chi connectivity index (χ1n) is 6.88. The molecule has 1 atom stereocenters. The Morgan fingerprint density at radius 3 is 2.65 bits per heavy atom. The van der Waals surface area contributed by atoms with Gasteiger partial charge in [0.25, 0.3) is 0 Å². The molecule has 0 saturated carbocycles. The SMILES string of the molecule is CCc1nn(CC)c(CC2(C(C)=O)CCOC2=O)c1Br. The third kappa shape index (κ3) is 2.30. The van der Waals surface area contributed by atoms with Crippen LogP contribution in [0.25, 0.3) is 0 Å². The summed E-state index contributed by atoms with van der Waals surface area (Å²) in [5.41, 5.74) is 0.811. The number of ketones is 1. The van der Waals surface area contributed by atoms with Gasteiger partial charge in [-0.1, -0.05) is 6.92 Å². The molecular formula is C14H19BrN2O3. The Morgan fingerprint density at radius 1 is 1.50 bits per heavy atom. The summed E-state index contributed by atoms with van der Waals surface area (Å²) in [5.74, 6) is -0.535. The highest BCUT2D eigenvalue weighted by Gasteiger charge is 2.49. The molecule has 1 aliphatic rings. The smallest absolute Gasteiger partial charge is 0.320 e. The number of halogens is 1. The van der Waals surface area contributed by atoms with Crippen molar-refractivity contribution in [3.8, 4) is 0 Å². The van der Waals surface area contributed by atoms with Crippen molar-refractivity contribution in [2.75, 3.05) is 6.61 Å². The zero-order chi connectivity index (χ0) is 14.9. The molecule has 1 aliphatic heterocycles. The number of esters is 1. The molecule has 0 spiro atoms. The number of hydrogen-bond donors (Lipinski definition) is 0. The molecule has 2 rings (SSSR count). The van der Waals surface area contributed by atoms with Gasteiger partial charge in [-0.05, 0) is 36.2 Å². The van der Waals surface area contributed by atoms with Gasteiger partial charge in [0.05, 0.1) is 22.5 Å². The fourth-order valence-corrected chi connectivity index (χ4v) is 3.34. The lowest BCUT2D eigenvalue weighted by atomic mass is 9.78. The van der Waals surface area contributed by atoms with E-state index in [4.69, 9.17) is 4.74 Å². The molecule has 0 amide bonds. The van der Waals surface area contributed by atoms with Crippen molar-refractivity contribution in [2.45, 2.75) is 46.6 Å². The number of aryl methyl sites for hydroxylation is 2. The summed E-state index contributed by atoms with van der Waals surface area (Å²) in [4.78, 5) is 24.1. The molecule has 0 aliphatic carbocycles. The van der Waals surface area contributed by atoms with E-state index < -0.39 is 11.4 Å². The van der Waals surface area contributed by atoms with Gasteiger partial charge in [-0.15, -0.1) is 0 Å². The highest BCUT2D eigenvalue weighted by Crippen LogP contribution is 2.37. The Hall–Kier alpha value is -1.17. The van der Waals surface area contributed by atoms with Crippen LogP contribution in [-0.4, -0.2) is 28.1 Å². The molecule has 5 nitrogen and oxygen atoms in total. The largest absolute Gasteiger partial charge is 0.465 e. The average Bonchev–Trinajstić information content (AvgIpc) is 2.93. The van der Waals surface area contributed by atoms with Gasteiger partial charge in [0.1, 0.15) is 11.2 Å². The molecule has 0 radical (unpaired) electrons. The standard InChI is InChI=1S/C14H19BrN2O3/c1-4-10-12(15)11(17(5-2)16-10)8-14(9(3)18)6-7-20-13(14)19/h4-8H2,1-3H3. The quantitative estimate of drug-likeness (QED) is 0.608. The first-order chi connectivity index (χ1) is 9.46. The third-order valence-corrected chi connectivity index (χ3v) is 4.91. The van der Waals surface area contributed by atoms with Crippen molar-refractivity contribution in [3.05, 3.63) is 15.9 Å². The number of cyclic esters (lactones) is 1. The fraction of sp³-hybridized carbons (Fsp3) is 0.643. The van der Waals surface area contributed by atoms with Crippen molar-refractivity contribution in [3.63, 3.8) is 0 Å². The molecule has 0 bridgehead atoms. The number of Topliss-reactive ketones (excluding diaryl/α,β-unsaturated/α-hetero) is 1. The predicted molar refractivity (Wildman–Crippen MR) is 77.4 cm³/mol. The van der Waals surface area contributed by atoms with Crippen molar-refractivity contribution in [1.29, 1.82) is 0 Å². The molecule has 20 heavy (non-hydrogen) atoms. The van der Waals surface area contributed by atoms with Gasteiger partial charge in [-0.25, -0.2) is 0 Å². The van der Waals surface area contributed by atoms with Gasteiger partial charge in [0.15, 0.2) is 0 Å². The third-order valence-electron chi connectivity index (χ3n) is 3.99. The van der Waals surface area contributed by atoms with Crippen LogP contribution in [0.5, 0.6) is 0 Å². The number of hydrogen-bond acceptors (Lipinski definition) is 4. The number of aromatic nitrogens is 2. The number of nitrogens with zero attached hydrogens (tertiary/aromatic N) is 2. The summed E-state index contributed by atoms with van der Waals surface area (Å²) in [5, 5.41) is 4.51. The van der Waals surface area contributed by atoms with Gasteiger partial charge in [-0.3, -0.25) is 14.3 Å². The molecule has 1 fully saturated rings. The Kier molecular flexibility index (Phi) is 4.32. The minimum absolute atomic E-state index is 0.131. The van der Waals surface area contributed by atoms with Gasteiger partial charge in [-0.2, -0.15) is 5.10 Å². The van der Waals surface area contributed by atoms with Gasteiger partial charge < -0.3 is 4.74 Å². The molecule has 1 saturated heterocycles. The van der Waals surface area contributed by atoms with Crippen LogP contribution in [0, 0.1) is 5.41 Å². The van der Waals surface area contributed by atoms with Crippen LogP contribution in [0.1, 0.15) is 38.6 Å². The van der Waals surface area contributed by atoms with Crippen molar-refractivity contribution in [1.82, 2.24) is 9.78 Å². The van der Waals surface area contributed by atoms with E-state index in [0.29, 0.717) is 26.0 Å². The summed E-state index contributed by atoms with van der Waals surface area (Å²) in [6.45, 7) is 6.51. The summed E-state index contributed by atoms with van der Waals surface area (Å²) in [6, 6.07) is 0. The van der Waals surface area contributed by atoms with Crippen LogP contribution >= 0.6 is 15.9 Å². The second-order valence-electron chi connectivity index (χ2n) is 5.08. The van der Waals surface area contributed by atoms with Crippen LogP contribution in [0.15, 0.2) is 4.47 Å². The molecule has 0 N–H and O–H groups in total. The fourth-order valence-electron chi connectivity index (χ4n) is 2.63. The monoisotopic (exact) mass is 342 g/mol. The maximum absolute atomic E-state index is 12.0. The lowest BCUT2D eigenvalue weighted by molar-refractivity contribution is -0.150. The van der Waals surface area contributed by atoms with E-state index in [2.05, 4.69) is 21.0 Å². The van der Waals surface area contributed by atoms with Crippen LogP contribution in [0.3, 0.4) is 0 Å². The second-order valence-corrected chi connectivity index (χ2v) is 5.87. The first-order valence-corrected chi connectivity index (χ1v) is 7.67. The molecule has 2 heterocycles. The lowest BCUT2D eigenvalue weighted by Crippen LogP contribution is -2.37. The molecule has 1 aromatic heterocycles. The predicted octanol–water partition coefficient (Wildman–Crippen LogP) is 2.29. The van der Waals surface area contributed by atoms with E-state index >= 15 is 0 Å². The highest BCUT2D eigenvalue weighted by atomic mass is 79.9. The average molecular weight is 343 g/mol. The maximum Gasteiger partial charge on any atom is 0.320 e. The Labute approximate surface area is 126 Å². The zero-order valence-electron chi connectivity index (χ0n) is 12.0. The number of rotatable bonds is 5. The van der Waals surface area contributed by atoms with E-state index in [-0.39, 0.29) is 5.78 Å². The van der Waals surface area contributed by atoms with Crippen LogP contribution in [0.4, 0.5) is 0 Å². The van der Waals surface area contributed by atoms with Crippen LogP contribution < -0.4 is 0 Å². The molecule has 6 heteroatoms. The molecular weight excluding hydrogens is 324 g/mol. The number of ether oxygens (including phenoxy) is 1. The van der Waals surface area contributed by atoms with Crippen molar-refractivity contribution < 1.29 is 14.3 Å².